The van der Waals surface area contributed by atoms with Crippen molar-refractivity contribution in [3.63, 3.8) is 0 Å². The minimum Gasteiger partial charge on any atom is -0.287 e. The summed E-state index contributed by atoms with van der Waals surface area (Å²) in [6, 6.07) is 0. The molecule has 1 rings (SSSR count). The van der Waals surface area contributed by atoms with Gasteiger partial charge < -0.3 is 0 Å². The third-order valence-corrected chi connectivity index (χ3v) is 2.17. The molecule has 1 aliphatic heterocycles. The Morgan fingerprint density at radius 3 is 2.67 bits per heavy atom. The van der Waals surface area contributed by atoms with Crippen LogP contribution in [0.3, 0.4) is 0 Å². The number of rotatable bonds is 1. The van der Waals surface area contributed by atoms with E-state index in [4.69, 9.17) is 0 Å². The average molecular weight is 190 g/mol. The van der Waals surface area contributed by atoms with Gasteiger partial charge in [-0.15, -0.1) is 0 Å². The molecule has 1 aliphatic rings. The first kappa shape index (κ1) is 7.29. The van der Waals surface area contributed by atoms with E-state index in [1.807, 2.05) is 0 Å². The van der Waals surface area contributed by atoms with Gasteiger partial charge in [0.1, 0.15) is 0 Å². The Hall–Kier alpha value is 0.180. The summed E-state index contributed by atoms with van der Waals surface area (Å²) < 4.78 is 0. The molecule has 1 unspecified atom stereocenters. The molecular weight excluding hydrogens is 178 g/mol. The van der Waals surface area contributed by atoms with Crippen LogP contribution in [-0.4, -0.2) is 22.9 Å². The average Bonchev–Trinajstić information content (AvgIpc) is 1.90. The zero-order valence-corrected chi connectivity index (χ0v) is 7.26. The van der Waals surface area contributed by atoms with Crippen molar-refractivity contribution < 1.29 is 0 Å². The number of nitrogens with zero attached hydrogens (tertiary/aromatic N) is 1. The smallest absolute Gasteiger partial charge is 0.0629 e. The highest BCUT2D eigenvalue weighted by Crippen LogP contribution is 2.10. The molecule has 2 heteroatoms. The molecule has 1 atom stereocenters. The van der Waals surface area contributed by atoms with E-state index in [0.29, 0.717) is 4.95 Å². The predicted octanol–water partition coefficient (Wildman–Crippen LogP) is 1.99. The predicted molar refractivity (Wildman–Crippen MR) is 43.7 cm³/mol. The van der Waals surface area contributed by atoms with Crippen molar-refractivity contribution in [1.29, 1.82) is 0 Å². The maximum atomic E-state index is 3.53. The monoisotopic (exact) mass is 189 g/mol. The lowest BCUT2D eigenvalue weighted by Gasteiger charge is -2.25. The Kier molecular flexibility index (Phi) is 2.73. The Morgan fingerprint density at radius 1 is 1.56 bits per heavy atom. The van der Waals surface area contributed by atoms with Crippen molar-refractivity contribution in [3.8, 4) is 0 Å². The zero-order valence-electron chi connectivity index (χ0n) is 5.68. The minimum absolute atomic E-state index is 0.530. The molecule has 1 heterocycles. The van der Waals surface area contributed by atoms with E-state index >= 15 is 0 Å². The lowest BCUT2D eigenvalue weighted by molar-refractivity contribution is 0.296. The van der Waals surface area contributed by atoms with Crippen molar-refractivity contribution in [2.75, 3.05) is 13.1 Å². The molecule has 0 N–H and O–H groups in total. The molecule has 0 bridgehead atoms. The first-order chi connectivity index (χ1) is 4.30. The van der Waals surface area contributed by atoms with Gasteiger partial charge in [0, 0.05) is 13.1 Å². The van der Waals surface area contributed by atoms with Crippen LogP contribution in [0.1, 0.15) is 13.3 Å². The Labute approximate surface area is 64.9 Å². The van der Waals surface area contributed by atoms with Crippen LogP contribution in [0.5, 0.6) is 0 Å². The van der Waals surface area contributed by atoms with Gasteiger partial charge in [-0.25, -0.2) is 0 Å². The Balaban J connectivity index is 2.35. The van der Waals surface area contributed by atoms with Crippen LogP contribution in [0.25, 0.3) is 0 Å². The molecule has 0 aromatic rings. The van der Waals surface area contributed by atoms with Gasteiger partial charge in [0.25, 0.3) is 0 Å². The molecule has 0 aromatic heterocycles. The largest absolute Gasteiger partial charge is 0.287 e. The summed E-state index contributed by atoms with van der Waals surface area (Å²) >= 11 is 3.53. The second-order valence-electron chi connectivity index (χ2n) is 2.33. The fourth-order valence-corrected chi connectivity index (χ4v) is 1.35. The van der Waals surface area contributed by atoms with Crippen LogP contribution in [0, 0.1) is 0 Å². The van der Waals surface area contributed by atoms with Gasteiger partial charge in [-0.1, -0.05) is 28.1 Å². The second kappa shape index (κ2) is 3.37. The molecule has 0 aromatic carbocycles. The van der Waals surface area contributed by atoms with Crippen molar-refractivity contribution in [2.45, 2.75) is 18.3 Å². The van der Waals surface area contributed by atoms with Gasteiger partial charge in [-0.05, 0) is 13.3 Å². The van der Waals surface area contributed by atoms with E-state index in [9.17, 15) is 0 Å². The Morgan fingerprint density at radius 2 is 2.33 bits per heavy atom. The van der Waals surface area contributed by atoms with Crippen LogP contribution in [0.15, 0.2) is 12.2 Å². The number of halogens is 1. The summed E-state index contributed by atoms with van der Waals surface area (Å²) in [5.41, 5.74) is 0. The summed E-state index contributed by atoms with van der Waals surface area (Å²) in [6.07, 6.45) is 5.67. The normalized spacial score (nSPS) is 24.2. The Bertz CT molecular complexity index is 109. The summed E-state index contributed by atoms with van der Waals surface area (Å²) in [4.78, 5) is 2.92. The van der Waals surface area contributed by atoms with Gasteiger partial charge in [-0.2, -0.15) is 0 Å². The highest BCUT2D eigenvalue weighted by Gasteiger charge is 2.09. The fraction of sp³-hybridized carbons (Fsp3) is 0.714. The molecule has 0 spiro atoms. The SMILES string of the molecule is CC(Br)N1CC=CCC1. The maximum absolute atomic E-state index is 3.53. The molecule has 0 aliphatic carbocycles. The van der Waals surface area contributed by atoms with Crippen molar-refractivity contribution in [2.24, 2.45) is 0 Å². The van der Waals surface area contributed by atoms with Gasteiger partial charge in [-0.3, -0.25) is 4.90 Å². The topological polar surface area (TPSA) is 3.24 Å². The first-order valence-electron chi connectivity index (χ1n) is 3.34. The fourth-order valence-electron chi connectivity index (χ4n) is 0.983. The van der Waals surface area contributed by atoms with Crippen LogP contribution < -0.4 is 0 Å². The van der Waals surface area contributed by atoms with Crippen LogP contribution in [0.2, 0.25) is 0 Å². The maximum Gasteiger partial charge on any atom is 0.0629 e. The number of hydrogen-bond acceptors (Lipinski definition) is 1. The van der Waals surface area contributed by atoms with E-state index < -0.39 is 0 Å². The van der Waals surface area contributed by atoms with E-state index in [0.717, 1.165) is 6.54 Å². The molecule has 52 valence electrons. The van der Waals surface area contributed by atoms with Gasteiger partial charge in [0.2, 0.25) is 0 Å². The molecule has 1 nitrogen and oxygen atoms in total. The molecule has 0 saturated carbocycles. The minimum atomic E-state index is 0.530. The highest BCUT2D eigenvalue weighted by molar-refractivity contribution is 9.09. The molecule has 0 radical (unpaired) electrons. The lowest BCUT2D eigenvalue weighted by atomic mass is 10.2. The zero-order chi connectivity index (χ0) is 6.69. The van der Waals surface area contributed by atoms with E-state index in [-0.39, 0.29) is 0 Å². The summed E-state index contributed by atoms with van der Waals surface area (Å²) in [5, 5.41) is 0. The number of alkyl halides is 1. The molecule has 0 fully saturated rings. The third kappa shape index (κ3) is 2.11. The lowest BCUT2D eigenvalue weighted by Crippen LogP contribution is -2.31. The standard InChI is InChI=1S/C7H12BrN/c1-7(8)9-5-3-2-4-6-9/h2-3,7H,4-6H2,1H3. The first-order valence-corrected chi connectivity index (χ1v) is 4.25. The van der Waals surface area contributed by atoms with Gasteiger partial charge in [0.15, 0.2) is 0 Å². The van der Waals surface area contributed by atoms with Crippen LogP contribution >= 0.6 is 15.9 Å². The molecule has 9 heavy (non-hydrogen) atoms. The third-order valence-electron chi connectivity index (χ3n) is 1.59. The van der Waals surface area contributed by atoms with Crippen molar-refractivity contribution >= 4 is 15.9 Å². The summed E-state index contributed by atoms with van der Waals surface area (Å²) in [6.45, 7) is 4.47. The van der Waals surface area contributed by atoms with Crippen molar-refractivity contribution in [1.82, 2.24) is 4.90 Å². The molecule has 0 saturated heterocycles. The van der Waals surface area contributed by atoms with E-state index in [1.54, 1.807) is 0 Å². The van der Waals surface area contributed by atoms with Crippen LogP contribution in [0.4, 0.5) is 0 Å². The van der Waals surface area contributed by atoms with E-state index in [2.05, 4.69) is 39.9 Å². The highest BCUT2D eigenvalue weighted by atomic mass is 79.9. The second-order valence-corrected chi connectivity index (χ2v) is 3.65. The van der Waals surface area contributed by atoms with Crippen LogP contribution in [-0.2, 0) is 0 Å². The summed E-state index contributed by atoms with van der Waals surface area (Å²) in [7, 11) is 0. The van der Waals surface area contributed by atoms with Gasteiger partial charge >= 0.3 is 0 Å². The van der Waals surface area contributed by atoms with E-state index in [1.165, 1.54) is 13.0 Å². The molecular formula is C7H12BrN. The summed E-state index contributed by atoms with van der Waals surface area (Å²) in [5.74, 6) is 0. The quantitative estimate of drug-likeness (QED) is 0.347. The van der Waals surface area contributed by atoms with Crippen molar-refractivity contribution in [3.05, 3.63) is 12.2 Å². The number of hydrogen-bond donors (Lipinski definition) is 0. The molecule has 0 amide bonds. The van der Waals surface area contributed by atoms with Gasteiger partial charge in [0.05, 0.1) is 4.95 Å².